The Morgan fingerprint density at radius 3 is 2.78 bits per heavy atom. The van der Waals surface area contributed by atoms with Crippen LogP contribution in [0.15, 0.2) is 30.5 Å². The van der Waals surface area contributed by atoms with Crippen LogP contribution in [0, 0.1) is 6.92 Å². The number of thiazole rings is 1. The van der Waals surface area contributed by atoms with Crippen LogP contribution in [0.25, 0.3) is 10.6 Å². The lowest BCUT2D eigenvalue weighted by Crippen LogP contribution is -2.14. The van der Waals surface area contributed by atoms with E-state index in [0.29, 0.717) is 0 Å². The molecule has 1 heterocycles. The molecule has 0 saturated heterocycles. The third kappa shape index (κ3) is 3.63. The number of benzene rings is 1. The van der Waals surface area contributed by atoms with Crippen molar-refractivity contribution >= 4 is 11.3 Å². The summed E-state index contributed by atoms with van der Waals surface area (Å²) in [5.74, 6) is 0. The summed E-state index contributed by atoms with van der Waals surface area (Å²) >= 11 is 1.71. The van der Waals surface area contributed by atoms with Crippen LogP contribution in [0.2, 0.25) is 0 Å². The van der Waals surface area contributed by atoms with E-state index in [1.807, 2.05) is 6.20 Å². The van der Waals surface area contributed by atoms with Crippen LogP contribution in [-0.2, 0) is 6.54 Å². The van der Waals surface area contributed by atoms with Gasteiger partial charge < -0.3 is 10.4 Å². The van der Waals surface area contributed by atoms with Crippen molar-refractivity contribution in [3.8, 4) is 10.6 Å². The quantitative estimate of drug-likeness (QED) is 0.787. The molecule has 0 aliphatic carbocycles. The maximum atomic E-state index is 8.69. The molecule has 0 saturated carbocycles. The third-order valence-corrected chi connectivity index (χ3v) is 3.71. The van der Waals surface area contributed by atoms with Gasteiger partial charge in [0.1, 0.15) is 5.01 Å². The highest BCUT2D eigenvalue weighted by atomic mass is 32.1. The number of hydrogen-bond acceptors (Lipinski definition) is 4. The Kier molecular flexibility index (Phi) is 4.87. The molecule has 0 atom stereocenters. The Morgan fingerprint density at radius 1 is 1.28 bits per heavy atom. The smallest absolute Gasteiger partial charge is 0.123 e. The van der Waals surface area contributed by atoms with Gasteiger partial charge in [0.25, 0.3) is 0 Å². The molecule has 0 amide bonds. The second-order valence-corrected chi connectivity index (χ2v) is 5.37. The summed E-state index contributed by atoms with van der Waals surface area (Å²) in [7, 11) is 0. The highest BCUT2D eigenvalue weighted by Gasteiger charge is 2.04. The van der Waals surface area contributed by atoms with Crippen molar-refractivity contribution in [3.63, 3.8) is 0 Å². The molecule has 2 N–H and O–H groups in total. The van der Waals surface area contributed by atoms with Crippen molar-refractivity contribution < 1.29 is 5.11 Å². The van der Waals surface area contributed by atoms with Gasteiger partial charge in [-0.2, -0.15) is 0 Å². The Morgan fingerprint density at radius 2 is 2.06 bits per heavy atom. The number of nitrogens with zero attached hydrogens (tertiary/aromatic N) is 1. The van der Waals surface area contributed by atoms with Gasteiger partial charge in [0.05, 0.1) is 0 Å². The van der Waals surface area contributed by atoms with E-state index in [1.54, 1.807) is 11.3 Å². The maximum Gasteiger partial charge on any atom is 0.123 e. The maximum absolute atomic E-state index is 8.69. The lowest BCUT2D eigenvalue weighted by atomic mass is 10.2. The Hall–Kier alpha value is -1.23. The zero-order valence-electron chi connectivity index (χ0n) is 10.5. The van der Waals surface area contributed by atoms with Crippen LogP contribution in [0.1, 0.15) is 16.9 Å². The van der Waals surface area contributed by atoms with Gasteiger partial charge in [0, 0.05) is 29.8 Å². The first-order chi connectivity index (χ1) is 8.79. The van der Waals surface area contributed by atoms with Crippen molar-refractivity contribution in [2.75, 3.05) is 13.2 Å². The van der Waals surface area contributed by atoms with Crippen molar-refractivity contribution in [1.82, 2.24) is 10.3 Å². The lowest BCUT2D eigenvalue weighted by molar-refractivity contribution is 0.286. The number of aromatic nitrogens is 1. The molecule has 2 aromatic rings. The van der Waals surface area contributed by atoms with Crippen LogP contribution in [-0.4, -0.2) is 23.2 Å². The zero-order chi connectivity index (χ0) is 12.8. The molecular formula is C14H18N2OS. The van der Waals surface area contributed by atoms with Crippen LogP contribution in [0.3, 0.4) is 0 Å². The molecule has 1 aromatic carbocycles. The predicted octanol–water partition coefficient (Wildman–Crippen LogP) is 2.59. The highest BCUT2D eigenvalue weighted by Crippen LogP contribution is 2.25. The minimum absolute atomic E-state index is 0.240. The van der Waals surface area contributed by atoms with E-state index in [-0.39, 0.29) is 6.61 Å². The summed E-state index contributed by atoms with van der Waals surface area (Å²) in [5, 5.41) is 13.0. The molecule has 18 heavy (non-hydrogen) atoms. The predicted molar refractivity (Wildman–Crippen MR) is 75.7 cm³/mol. The Bertz CT molecular complexity index is 479. The molecule has 3 nitrogen and oxygen atoms in total. The molecule has 1 aromatic heterocycles. The van der Waals surface area contributed by atoms with Crippen LogP contribution in [0.4, 0.5) is 0 Å². The second-order valence-electron chi connectivity index (χ2n) is 4.25. The van der Waals surface area contributed by atoms with Crippen molar-refractivity contribution in [2.24, 2.45) is 0 Å². The second kappa shape index (κ2) is 6.64. The molecular weight excluding hydrogens is 244 g/mol. The van der Waals surface area contributed by atoms with Gasteiger partial charge in [-0.05, 0) is 19.9 Å². The molecule has 4 heteroatoms. The van der Waals surface area contributed by atoms with E-state index in [1.165, 1.54) is 16.0 Å². The first-order valence-electron chi connectivity index (χ1n) is 6.13. The highest BCUT2D eigenvalue weighted by molar-refractivity contribution is 7.15. The number of rotatable bonds is 6. The van der Waals surface area contributed by atoms with E-state index in [9.17, 15) is 0 Å². The molecule has 0 fully saturated rings. The lowest BCUT2D eigenvalue weighted by Gasteiger charge is -1.99. The van der Waals surface area contributed by atoms with Gasteiger partial charge in [-0.3, -0.25) is 0 Å². The van der Waals surface area contributed by atoms with Crippen LogP contribution < -0.4 is 5.32 Å². The molecule has 0 aliphatic rings. The Balaban J connectivity index is 1.95. The monoisotopic (exact) mass is 262 g/mol. The fourth-order valence-corrected chi connectivity index (χ4v) is 2.52. The number of aryl methyl sites for hydroxylation is 1. The van der Waals surface area contributed by atoms with Gasteiger partial charge in [0.2, 0.25) is 0 Å². The molecule has 0 spiro atoms. The fraction of sp³-hybridized carbons (Fsp3) is 0.357. The molecule has 0 aliphatic heterocycles. The summed E-state index contributed by atoms with van der Waals surface area (Å²) in [6, 6.07) is 8.43. The van der Waals surface area contributed by atoms with E-state index < -0.39 is 0 Å². The van der Waals surface area contributed by atoms with Gasteiger partial charge in [-0.1, -0.05) is 29.8 Å². The largest absolute Gasteiger partial charge is 0.396 e. The number of hydrogen-bond donors (Lipinski definition) is 2. The fourth-order valence-electron chi connectivity index (χ4n) is 1.63. The minimum Gasteiger partial charge on any atom is -0.396 e. The molecule has 96 valence electrons. The van der Waals surface area contributed by atoms with Crippen molar-refractivity contribution in [1.29, 1.82) is 0 Å². The summed E-state index contributed by atoms with van der Waals surface area (Å²) in [4.78, 5) is 5.67. The van der Waals surface area contributed by atoms with Gasteiger partial charge >= 0.3 is 0 Å². The van der Waals surface area contributed by atoms with E-state index in [2.05, 4.69) is 41.5 Å². The summed E-state index contributed by atoms with van der Waals surface area (Å²) in [5.41, 5.74) is 2.44. The molecule has 0 unspecified atom stereocenters. The SMILES string of the molecule is Cc1ccc(-c2ncc(CNCCCO)s2)cc1. The molecule has 0 radical (unpaired) electrons. The zero-order valence-corrected chi connectivity index (χ0v) is 11.3. The van der Waals surface area contributed by atoms with Crippen molar-refractivity contribution in [3.05, 3.63) is 40.9 Å². The first kappa shape index (κ1) is 13.2. The first-order valence-corrected chi connectivity index (χ1v) is 6.94. The van der Waals surface area contributed by atoms with E-state index in [4.69, 9.17) is 5.11 Å². The molecule has 2 rings (SSSR count). The normalized spacial score (nSPS) is 10.8. The topological polar surface area (TPSA) is 45.2 Å². The van der Waals surface area contributed by atoms with E-state index >= 15 is 0 Å². The van der Waals surface area contributed by atoms with Gasteiger partial charge in [-0.25, -0.2) is 4.98 Å². The average Bonchev–Trinajstić information content (AvgIpc) is 2.84. The van der Waals surface area contributed by atoms with Crippen LogP contribution >= 0.6 is 11.3 Å². The summed E-state index contributed by atoms with van der Waals surface area (Å²) < 4.78 is 0. The van der Waals surface area contributed by atoms with Gasteiger partial charge in [0.15, 0.2) is 0 Å². The average molecular weight is 262 g/mol. The Labute approximate surface area is 112 Å². The molecule has 0 bridgehead atoms. The van der Waals surface area contributed by atoms with Gasteiger partial charge in [-0.15, -0.1) is 11.3 Å². The van der Waals surface area contributed by atoms with E-state index in [0.717, 1.165) is 24.5 Å². The minimum atomic E-state index is 0.240. The third-order valence-electron chi connectivity index (χ3n) is 2.66. The van der Waals surface area contributed by atoms with Crippen LogP contribution in [0.5, 0.6) is 0 Å². The number of nitrogens with one attached hydrogen (secondary N) is 1. The standard InChI is InChI=1S/C14H18N2OS/c1-11-3-5-12(6-4-11)14-16-10-13(18-14)9-15-7-2-8-17/h3-6,10,15,17H,2,7-9H2,1H3. The number of aliphatic hydroxyl groups excluding tert-OH is 1. The number of aliphatic hydroxyl groups is 1. The van der Waals surface area contributed by atoms with Crippen molar-refractivity contribution in [2.45, 2.75) is 19.9 Å². The summed E-state index contributed by atoms with van der Waals surface area (Å²) in [6.45, 7) is 3.99. The summed E-state index contributed by atoms with van der Waals surface area (Å²) in [6.07, 6.45) is 2.72.